The molecule has 6 nitrogen and oxygen atoms in total. The second kappa shape index (κ2) is 6.31. The van der Waals surface area contributed by atoms with Crippen molar-refractivity contribution in [1.29, 1.82) is 0 Å². The standard InChI is InChI=1S/C16H9N4O2S/c17-9-13(15-18-12-6-1-2-7-14(12)23-15)20-19-11-5-3-4-10(8-11)16(21)22/h1-8H,(H,21,22)/q-1. The number of benzene rings is 2. The molecule has 1 heterocycles. The molecular formula is C16H9N4O2S-. The zero-order valence-corrected chi connectivity index (χ0v) is 12.5. The first-order valence-electron chi connectivity index (χ1n) is 6.55. The summed E-state index contributed by atoms with van der Waals surface area (Å²) in [4.78, 5) is 15.3. The summed E-state index contributed by atoms with van der Waals surface area (Å²) in [6.45, 7) is 0. The molecule has 112 valence electrons. The predicted octanol–water partition coefficient (Wildman–Crippen LogP) is 4.36. The van der Waals surface area contributed by atoms with Crippen LogP contribution in [0.25, 0.3) is 21.3 Å². The van der Waals surface area contributed by atoms with Crippen molar-refractivity contribution in [3.63, 3.8) is 0 Å². The van der Waals surface area contributed by atoms with Crippen molar-refractivity contribution in [2.24, 2.45) is 10.2 Å². The average molecular weight is 321 g/mol. The van der Waals surface area contributed by atoms with Crippen molar-refractivity contribution in [2.75, 3.05) is 0 Å². The minimum atomic E-state index is -1.04. The SMILES string of the molecule is [N-]=C=C(N=Nc1cccc(C(=O)O)c1)c1nc2ccccc2s1. The fourth-order valence-corrected chi connectivity index (χ4v) is 2.80. The number of carbonyl (C=O) groups is 1. The van der Waals surface area contributed by atoms with Crippen molar-refractivity contribution in [1.82, 2.24) is 4.98 Å². The van der Waals surface area contributed by atoms with Crippen molar-refractivity contribution in [2.45, 2.75) is 0 Å². The topological polar surface area (TPSA) is 97.2 Å². The molecule has 0 fully saturated rings. The van der Waals surface area contributed by atoms with Gasteiger partial charge in [-0.15, -0.1) is 21.6 Å². The summed E-state index contributed by atoms with van der Waals surface area (Å²) in [5, 5.41) is 26.5. The normalized spacial score (nSPS) is 10.8. The van der Waals surface area contributed by atoms with E-state index in [1.807, 2.05) is 30.1 Å². The van der Waals surface area contributed by atoms with Gasteiger partial charge in [-0.25, -0.2) is 15.6 Å². The maximum absolute atomic E-state index is 10.9. The van der Waals surface area contributed by atoms with Crippen LogP contribution in [0.5, 0.6) is 0 Å². The summed E-state index contributed by atoms with van der Waals surface area (Å²) in [7, 11) is 0. The van der Waals surface area contributed by atoms with E-state index in [0.29, 0.717) is 10.7 Å². The Labute approximate surface area is 135 Å². The molecule has 0 bridgehead atoms. The number of azo groups is 1. The molecule has 3 aromatic rings. The van der Waals surface area contributed by atoms with Gasteiger partial charge in [0.15, 0.2) is 5.01 Å². The van der Waals surface area contributed by atoms with Crippen molar-refractivity contribution < 1.29 is 9.90 Å². The van der Waals surface area contributed by atoms with Crippen LogP contribution in [0.2, 0.25) is 0 Å². The number of fused-ring (bicyclic) bond motifs is 1. The highest BCUT2D eigenvalue weighted by Gasteiger charge is 2.07. The van der Waals surface area contributed by atoms with Gasteiger partial charge in [-0.1, -0.05) is 18.2 Å². The first-order valence-corrected chi connectivity index (χ1v) is 7.37. The summed E-state index contributed by atoms with van der Waals surface area (Å²) in [5.74, 6) is 0.931. The van der Waals surface area contributed by atoms with E-state index in [0.717, 1.165) is 10.2 Å². The quantitative estimate of drug-likeness (QED) is 0.571. The molecule has 0 amide bonds. The van der Waals surface area contributed by atoms with E-state index < -0.39 is 5.97 Å². The molecule has 0 saturated carbocycles. The van der Waals surface area contributed by atoms with Gasteiger partial charge in [-0.3, -0.25) is 0 Å². The van der Waals surface area contributed by atoms with Gasteiger partial charge >= 0.3 is 5.97 Å². The third-order valence-electron chi connectivity index (χ3n) is 2.96. The van der Waals surface area contributed by atoms with E-state index in [-0.39, 0.29) is 11.3 Å². The van der Waals surface area contributed by atoms with Crippen LogP contribution in [0, 0.1) is 0 Å². The van der Waals surface area contributed by atoms with Gasteiger partial charge in [0.05, 0.1) is 21.5 Å². The van der Waals surface area contributed by atoms with Crippen molar-refractivity contribution in [3.05, 3.63) is 64.5 Å². The Morgan fingerprint density at radius 2 is 2.04 bits per heavy atom. The van der Waals surface area contributed by atoms with Crippen LogP contribution in [-0.4, -0.2) is 21.9 Å². The highest BCUT2D eigenvalue weighted by Crippen LogP contribution is 2.27. The zero-order valence-electron chi connectivity index (χ0n) is 11.7. The van der Waals surface area contributed by atoms with Crippen LogP contribution in [0.3, 0.4) is 0 Å². The lowest BCUT2D eigenvalue weighted by atomic mass is 10.2. The number of carboxylic acids is 1. The van der Waals surface area contributed by atoms with Gasteiger partial charge in [0.1, 0.15) is 5.70 Å². The van der Waals surface area contributed by atoms with Gasteiger partial charge in [0.2, 0.25) is 0 Å². The molecule has 1 N–H and O–H groups in total. The summed E-state index contributed by atoms with van der Waals surface area (Å²) in [5.41, 5.74) is 1.36. The Kier molecular flexibility index (Phi) is 4.05. The number of hydrogen-bond donors (Lipinski definition) is 1. The molecule has 0 aliphatic heterocycles. The maximum atomic E-state index is 10.9. The Bertz CT molecular complexity index is 938. The Balaban J connectivity index is 1.92. The minimum Gasteiger partial charge on any atom is -0.761 e. The minimum absolute atomic E-state index is 0.0897. The summed E-state index contributed by atoms with van der Waals surface area (Å²) >= 11 is 1.35. The van der Waals surface area contributed by atoms with Crippen LogP contribution in [0.4, 0.5) is 5.69 Å². The molecule has 23 heavy (non-hydrogen) atoms. The van der Waals surface area contributed by atoms with Gasteiger partial charge in [-0.05, 0) is 30.3 Å². The number of aromatic nitrogens is 1. The monoisotopic (exact) mass is 321 g/mol. The number of rotatable bonds is 4. The first kappa shape index (κ1) is 14.8. The fraction of sp³-hybridized carbons (Fsp3) is 0. The third kappa shape index (κ3) is 3.21. The van der Waals surface area contributed by atoms with Gasteiger partial charge in [0, 0.05) is 0 Å². The lowest BCUT2D eigenvalue weighted by Gasteiger charge is -1.97. The van der Waals surface area contributed by atoms with Gasteiger partial charge in [-0.2, -0.15) is 0 Å². The zero-order chi connectivity index (χ0) is 16.2. The van der Waals surface area contributed by atoms with E-state index in [1.165, 1.54) is 23.5 Å². The number of thiazole rings is 1. The van der Waals surface area contributed by atoms with Gasteiger partial charge < -0.3 is 10.5 Å². The molecule has 0 atom stereocenters. The van der Waals surface area contributed by atoms with Crippen molar-refractivity contribution in [3.8, 4) is 0 Å². The second-order valence-electron chi connectivity index (χ2n) is 4.50. The second-order valence-corrected chi connectivity index (χ2v) is 5.53. The van der Waals surface area contributed by atoms with E-state index >= 15 is 0 Å². The molecule has 0 aliphatic carbocycles. The number of aromatic carboxylic acids is 1. The molecule has 2 aromatic carbocycles. The van der Waals surface area contributed by atoms with E-state index in [4.69, 9.17) is 5.11 Å². The smallest absolute Gasteiger partial charge is 0.335 e. The van der Waals surface area contributed by atoms with Crippen LogP contribution in [0.1, 0.15) is 15.4 Å². The number of carboxylic acid groups (broad SMARTS) is 1. The molecule has 1 aromatic heterocycles. The van der Waals surface area contributed by atoms with Gasteiger partial charge in [0.25, 0.3) is 0 Å². The Hall–Kier alpha value is -3.15. The van der Waals surface area contributed by atoms with Crippen LogP contribution in [-0.2, 0) is 0 Å². The maximum Gasteiger partial charge on any atom is 0.335 e. The highest BCUT2D eigenvalue weighted by atomic mass is 32.1. The van der Waals surface area contributed by atoms with Crippen LogP contribution in [0.15, 0.2) is 58.8 Å². The molecule has 3 rings (SSSR count). The molecule has 0 aliphatic rings. The summed E-state index contributed by atoms with van der Waals surface area (Å²) < 4.78 is 0.957. The van der Waals surface area contributed by atoms with Crippen LogP contribution >= 0.6 is 11.3 Å². The average Bonchev–Trinajstić information content (AvgIpc) is 2.99. The fourth-order valence-electron chi connectivity index (χ4n) is 1.90. The lowest BCUT2D eigenvalue weighted by Crippen LogP contribution is -1.94. The summed E-state index contributed by atoms with van der Waals surface area (Å²) in [6.07, 6.45) is 0. The number of nitrogens with zero attached hydrogens (tertiary/aromatic N) is 4. The van der Waals surface area contributed by atoms with Crippen LogP contribution < -0.4 is 0 Å². The largest absolute Gasteiger partial charge is 0.761 e. The van der Waals surface area contributed by atoms with E-state index in [2.05, 4.69) is 15.2 Å². The molecule has 0 radical (unpaired) electrons. The Morgan fingerprint density at radius 3 is 2.78 bits per heavy atom. The third-order valence-corrected chi connectivity index (χ3v) is 4.00. The Morgan fingerprint density at radius 1 is 1.22 bits per heavy atom. The lowest BCUT2D eigenvalue weighted by molar-refractivity contribution is 0.0697. The first-order chi connectivity index (χ1) is 11.2. The molecule has 0 spiro atoms. The predicted molar refractivity (Wildman–Crippen MR) is 89.3 cm³/mol. The number of para-hydroxylation sites is 1. The summed E-state index contributed by atoms with van der Waals surface area (Å²) in [6, 6.07) is 13.6. The van der Waals surface area contributed by atoms with E-state index in [9.17, 15) is 10.2 Å². The van der Waals surface area contributed by atoms with Crippen molar-refractivity contribution >= 4 is 44.8 Å². The molecule has 0 unspecified atom stereocenters. The molecule has 0 saturated heterocycles. The molecule has 7 heteroatoms. The van der Waals surface area contributed by atoms with E-state index in [1.54, 1.807) is 12.1 Å². The molecular weight excluding hydrogens is 312 g/mol. The number of hydrogen-bond acceptors (Lipinski definition) is 5. The highest BCUT2D eigenvalue weighted by molar-refractivity contribution is 7.19.